The molecule has 0 heterocycles. The van der Waals surface area contributed by atoms with E-state index in [1.807, 2.05) is 12.1 Å². The first-order chi connectivity index (χ1) is 5.88. The number of hydrogen-bond donors (Lipinski definition) is 0. The molecule has 0 radical (unpaired) electrons. The summed E-state index contributed by atoms with van der Waals surface area (Å²) in [4.78, 5) is 10.5. The van der Waals surface area contributed by atoms with Crippen LogP contribution in [0.3, 0.4) is 0 Å². The molecule has 1 nitrogen and oxygen atoms in total. The van der Waals surface area contributed by atoms with Gasteiger partial charge >= 0.3 is 0 Å². The second-order valence-electron chi connectivity index (χ2n) is 2.38. The first-order valence-corrected chi connectivity index (χ1v) is 3.67. The van der Waals surface area contributed by atoms with E-state index in [1.54, 1.807) is 12.1 Å². The standard InChI is InChI=1S/C10H9FO/c11-7-3-6-9-4-1-2-5-10(9)8-12/h1-5,7-8H,6H2. The summed E-state index contributed by atoms with van der Waals surface area (Å²) < 4.78 is 11.6. The summed E-state index contributed by atoms with van der Waals surface area (Å²) >= 11 is 0. The van der Waals surface area contributed by atoms with Gasteiger partial charge in [-0.05, 0) is 12.0 Å². The molecule has 0 N–H and O–H groups in total. The molecule has 62 valence electrons. The molecular formula is C10H9FO. The molecule has 0 atom stereocenters. The third-order valence-corrected chi connectivity index (χ3v) is 1.61. The highest BCUT2D eigenvalue weighted by atomic mass is 19.1. The molecule has 0 unspecified atom stereocenters. The van der Waals surface area contributed by atoms with Crippen LogP contribution in [0.1, 0.15) is 15.9 Å². The van der Waals surface area contributed by atoms with Crippen molar-refractivity contribution in [3.63, 3.8) is 0 Å². The Bertz CT molecular complexity index is 292. The minimum absolute atomic E-state index is 0.464. The smallest absolute Gasteiger partial charge is 0.150 e. The largest absolute Gasteiger partial charge is 0.298 e. The van der Waals surface area contributed by atoms with Crippen LogP contribution in [0, 0.1) is 0 Å². The lowest BCUT2D eigenvalue weighted by molar-refractivity contribution is 0.112. The van der Waals surface area contributed by atoms with Crippen LogP contribution in [0.25, 0.3) is 0 Å². The number of aldehydes is 1. The Hall–Kier alpha value is -1.44. The summed E-state index contributed by atoms with van der Waals surface area (Å²) in [5.41, 5.74) is 1.47. The molecule has 1 rings (SSSR count). The van der Waals surface area contributed by atoms with Gasteiger partial charge < -0.3 is 0 Å². The lowest BCUT2D eigenvalue weighted by atomic mass is 10.1. The normalized spacial score (nSPS) is 10.4. The van der Waals surface area contributed by atoms with E-state index in [0.29, 0.717) is 18.3 Å². The molecule has 1 aromatic rings. The van der Waals surface area contributed by atoms with E-state index in [9.17, 15) is 9.18 Å². The summed E-state index contributed by atoms with van der Waals surface area (Å²) in [7, 11) is 0. The van der Waals surface area contributed by atoms with E-state index in [-0.39, 0.29) is 0 Å². The molecule has 0 bridgehead atoms. The van der Waals surface area contributed by atoms with Gasteiger partial charge in [0, 0.05) is 5.56 Å². The molecule has 0 spiro atoms. The van der Waals surface area contributed by atoms with Crippen LogP contribution < -0.4 is 0 Å². The summed E-state index contributed by atoms with van der Waals surface area (Å²) in [6, 6.07) is 7.14. The second-order valence-corrected chi connectivity index (χ2v) is 2.38. The molecule has 1 aromatic carbocycles. The molecule has 12 heavy (non-hydrogen) atoms. The van der Waals surface area contributed by atoms with Crippen LogP contribution in [0.4, 0.5) is 4.39 Å². The summed E-state index contributed by atoms with van der Waals surface area (Å²) in [6.45, 7) is 0. The van der Waals surface area contributed by atoms with Crippen molar-refractivity contribution in [2.24, 2.45) is 0 Å². The van der Waals surface area contributed by atoms with Crippen LogP contribution in [0.15, 0.2) is 36.7 Å². The number of benzene rings is 1. The van der Waals surface area contributed by atoms with Crippen LogP contribution in [0.2, 0.25) is 0 Å². The molecule has 0 aliphatic rings. The SMILES string of the molecule is O=Cc1ccccc1CC=CF. The molecule has 0 saturated heterocycles. The van der Waals surface area contributed by atoms with E-state index in [4.69, 9.17) is 0 Å². The Kier molecular flexibility index (Phi) is 3.20. The van der Waals surface area contributed by atoms with Crippen molar-refractivity contribution in [3.05, 3.63) is 47.8 Å². The third kappa shape index (κ3) is 2.02. The number of carbonyl (C=O) groups excluding carboxylic acids is 1. The predicted molar refractivity (Wildman–Crippen MR) is 45.8 cm³/mol. The number of rotatable bonds is 3. The van der Waals surface area contributed by atoms with E-state index in [2.05, 4.69) is 0 Å². The molecule has 0 aliphatic heterocycles. The van der Waals surface area contributed by atoms with Gasteiger partial charge in [-0.3, -0.25) is 4.79 Å². The van der Waals surface area contributed by atoms with Crippen molar-refractivity contribution >= 4 is 6.29 Å². The quantitative estimate of drug-likeness (QED) is 0.627. The van der Waals surface area contributed by atoms with Gasteiger partial charge in [-0.1, -0.05) is 30.3 Å². The maximum atomic E-state index is 11.6. The van der Waals surface area contributed by atoms with E-state index in [0.717, 1.165) is 11.8 Å². The lowest BCUT2D eigenvalue weighted by Crippen LogP contribution is -1.89. The zero-order valence-electron chi connectivity index (χ0n) is 6.53. The minimum atomic E-state index is 0.464. The van der Waals surface area contributed by atoms with E-state index in [1.165, 1.54) is 6.08 Å². The molecule has 0 fully saturated rings. The molecule has 0 amide bonds. The first-order valence-electron chi connectivity index (χ1n) is 3.67. The van der Waals surface area contributed by atoms with Crippen molar-refractivity contribution in [3.8, 4) is 0 Å². The summed E-state index contributed by atoms with van der Waals surface area (Å²) in [5, 5.41) is 0. The van der Waals surface area contributed by atoms with Crippen molar-refractivity contribution < 1.29 is 9.18 Å². The van der Waals surface area contributed by atoms with Gasteiger partial charge in [0.25, 0.3) is 0 Å². The van der Waals surface area contributed by atoms with E-state index < -0.39 is 0 Å². The molecule has 0 saturated carbocycles. The van der Waals surface area contributed by atoms with Crippen molar-refractivity contribution in [1.82, 2.24) is 0 Å². The van der Waals surface area contributed by atoms with Gasteiger partial charge in [-0.2, -0.15) is 0 Å². The zero-order chi connectivity index (χ0) is 8.81. The highest BCUT2D eigenvalue weighted by molar-refractivity contribution is 5.77. The van der Waals surface area contributed by atoms with Crippen molar-refractivity contribution in [2.45, 2.75) is 6.42 Å². The van der Waals surface area contributed by atoms with Gasteiger partial charge in [0.1, 0.15) is 6.29 Å². The van der Waals surface area contributed by atoms with Crippen LogP contribution in [0.5, 0.6) is 0 Å². The fourth-order valence-electron chi connectivity index (χ4n) is 1.01. The van der Waals surface area contributed by atoms with Gasteiger partial charge in [0.2, 0.25) is 0 Å². The molecule has 0 aliphatic carbocycles. The van der Waals surface area contributed by atoms with E-state index >= 15 is 0 Å². The van der Waals surface area contributed by atoms with Gasteiger partial charge in [0.15, 0.2) is 0 Å². The molecule has 2 heteroatoms. The van der Waals surface area contributed by atoms with Gasteiger partial charge in [0.05, 0.1) is 6.33 Å². The predicted octanol–water partition coefficient (Wildman–Crippen LogP) is 2.52. The number of carbonyl (C=O) groups is 1. The Morgan fingerprint density at radius 1 is 1.33 bits per heavy atom. The lowest BCUT2D eigenvalue weighted by Gasteiger charge is -1.98. The summed E-state index contributed by atoms with van der Waals surface area (Å²) in [6.07, 6.45) is 3.11. The number of allylic oxidation sites excluding steroid dienone is 1. The highest BCUT2D eigenvalue weighted by Gasteiger charge is 1.96. The maximum Gasteiger partial charge on any atom is 0.150 e. The number of halogens is 1. The van der Waals surface area contributed by atoms with Gasteiger partial charge in [-0.15, -0.1) is 0 Å². The van der Waals surface area contributed by atoms with Crippen LogP contribution in [-0.4, -0.2) is 6.29 Å². The Labute approximate surface area is 70.5 Å². The Morgan fingerprint density at radius 3 is 2.75 bits per heavy atom. The fraction of sp³-hybridized carbons (Fsp3) is 0.100. The topological polar surface area (TPSA) is 17.1 Å². The monoisotopic (exact) mass is 164 g/mol. The van der Waals surface area contributed by atoms with Crippen LogP contribution >= 0.6 is 0 Å². The van der Waals surface area contributed by atoms with Crippen molar-refractivity contribution in [1.29, 1.82) is 0 Å². The first kappa shape index (κ1) is 8.65. The Morgan fingerprint density at radius 2 is 2.08 bits per heavy atom. The number of hydrogen-bond acceptors (Lipinski definition) is 1. The summed E-state index contributed by atoms with van der Waals surface area (Å²) in [5.74, 6) is 0. The van der Waals surface area contributed by atoms with Gasteiger partial charge in [-0.25, -0.2) is 4.39 Å². The average Bonchev–Trinajstić information content (AvgIpc) is 2.15. The second kappa shape index (κ2) is 4.44. The van der Waals surface area contributed by atoms with Crippen LogP contribution in [-0.2, 0) is 6.42 Å². The Balaban J connectivity index is 2.89. The average molecular weight is 164 g/mol. The maximum absolute atomic E-state index is 11.6. The molecular weight excluding hydrogens is 155 g/mol. The zero-order valence-corrected chi connectivity index (χ0v) is 6.53. The highest BCUT2D eigenvalue weighted by Crippen LogP contribution is 2.07. The third-order valence-electron chi connectivity index (χ3n) is 1.61. The fourth-order valence-corrected chi connectivity index (χ4v) is 1.01. The molecule has 0 aromatic heterocycles. The minimum Gasteiger partial charge on any atom is -0.298 e. The van der Waals surface area contributed by atoms with Crippen molar-refractivity contribution in [2.75, 3.05) is 0 Å².